The fourth-order valence-electron chi connectivity index (χ4n) is 3.44. The highest BCUT2D eigenvalue weighted by molar-refractivity contribution is 14.1. The molecular weight excluding hydrogens is 542 g/mol. The third-order valence-corrected chi connectivity index (χ3v) is 6.01. The number of aliphatic carboxylic acids is 1. The van der Waals surface area contributed by atoms with E-state index in [9.17, 15) is 27.9 Å². The number of carboxylic acid groups (broad SMARTS) is 1. The van der Waals surface area contributed by atoms with Gasteiger partial charge in [-0.05, 0) is 66.9 Å². The number of amides is 1. The van der Waals surface area contributed by atoms with Crippen molar-refractivity contribution in [1.82, 2.24) is 9.80 Å². The van der Waals surface area contributed by atoms with Gasteiger partial charge in [0.05, 0.1) is 30.0 Å². The number of hydrogen-bond acceptors (Lipinski definition) is 5. The number of benzene rings is 2. The average Bonchev–Trinajstić information content (AvgIpc) is 2.70. The zero-order valence-corrected chi connectivity index (χ0v) is 19.4. The molecule has 0 aromatic heterocycles. The Morgan fingerprint density at radius 3 is 2.47 bits per heavy atom. The normalized spacial score (nSPS) is 15.9. The van der Waals surface area contributed by atoms with Gasteiger partial charge < -0.3 is 20.4 Å². The molecule has 1 aliphatic rings. The maximum Gasteiger partial charge on any atom is 0.320 e. The van der Waals surface area contributed by atoms with Crippen molar-refractivity contribution >= 4 is 45.8 Å². The number of carbonyl (C=O) groups is 2. The van der Waals surface area contributed by atoms with Gasteiger partial charge in [-0.1, -0.05) is 0 Å². The molecule has 0 radical (unpaired) electrons. The van der Waals surface area contributed by atoms with Crippen LogP contribution in [0.1, 0.15) is 17.3 Å². The number of carbonyl (C=O) groups excluding carboxylic acids is 1. The molecule has 1 heterocycles. The summed E-state index contributed by atoms with van der Waals surface area (Å²) in [6, 6.07) is 5.16. The molecule has 0 saturated carbocycles. The first kappa shape index (κ1) is 24.3. The minimum absolute atomic E-state index is 0.000987. The van der Waals surface area contributed by atoms with Gasteiger partial charge in [0.15, 0.2) is 11.6 Å². The number of anilines is 2. The van der Waals surface area contributed by atoms with Crippen LogP contribution in [0.25, 0.3) is 0 Å². The second-order valence-electron chi connectivity index (χ2n) is 7.85. The zero-order valence-electron chi connectivity index (χ0n) is 17.2. The Kier molecular flexibility index (Phi) is 7.00. The first-order chi connectivity index (χ1) is 14.9. The van der Waals surface area contributed by atoms with Crippen molar-refractivity contribution in [3.8, 4) is 0 Å². The molecule has 1 atom stereocenters. The van der Waals surface area contributed by atoms with E-state index in [1.165, 1.54) is 35.9 Å². The quantitative estimate of drug-likeness (QED) is 0.449. The fraction of sp³-hybridized carbons (Fsp3) is 0.333. The van der Waals surface area contributed by atoms with Gasteiger partial charge in [-0.25, -0.2) is 13.2 Å². The topological polar surface area (TPSA) is 93.1 Å². The molecule has 172 valence electrons. The van der Waals surface area contributed by atoms with Crippen molar-refractivity contribution in [2.24, 2.45) is 0 Å². The monoisotopic (exact) mass is 563 g/mol. The van der Waals surface area contributed by atoms with Gasteiger partial charge in [0.25, 0.3) is 5.91 Å². The highest BCUT2D eigenvalue weighted by atomic mass is 127. The maximum absolute atomic E-state index is 14.5. The van der Waals surface area contributed by atoms with Crippen molar-refractivity contribution in [1.29, 1.82) is 0 Å². The second kappa shape index (κ2) is 9.24. The summed E-state index contributed by atoms with van der Waals surface area (Å²) >= 11 is 1.90. The van der Waals surface area contributed by atoms with Gasteiger partial charge in [0.2, 0.25) is 0 Å². The van der Waals surface area contributed by atoms with Gasteiger partial charge in [0, 0.05) is 10.1 Å². The molecule has 3 rings (SSSR count). The lowest BCUT2D eigenvalue weighted by Crippen LogP contribution is -2.68. The van der Waals surface area contributed by atoms with Crippen LogP contribution in [0.2, 0.25) is 0 Å². The summed E-state index contributed by atoms with van der Waals surface area (Å²) in [6.45, 7) is 1.22. The number of rotatable bonds is 7. The van der Waals surface area contributed by atoms with Gasteiger partial charge in [-0.2, -0.15) is 0 Å². The Morgan fingerprint density at radius 2 is 1.88 bits per heavy atom. The highest BCUT2D eigenvalue weighted by Gasteiger charge is 2.45. The minimum atomic E-state index is -1.34. The Balaban J connectivity index is 1.79. The molecule has 7 nitrogen and oxygen atoms in total. The number of aliphatic hydroxyl groups is 1. The van der Waals surface area contributed by atoms with Gasteiger partial charge >= 0.3 is 5.97 Å². The number of nitrogens with one attached hydrogen (secondary N) is 1. The molecule has 1 aliphatic heterocycles. The predicted molar refractivity (Wildman–Crippen MR) is 119 cm³/mol. The van der Waals surface area contributed by atoms with Crippen LogP contribution in [0.4, 0.5) is 24.5 Å². The molecule has 0 spiro atoms. The number of carboxylic acids is 1. The van der Waals surface area contributed by atoms with E-state index in [0.29, 0.717) is 3.57 Å². The molecule has 0 bridgehead atoms. The number of nitrogens with zero attached hydrogens (tertiary/aromatic N) is 2. The third kappa shape index (κ3) is 4.99. The lowest BCUT2D eigenvalue weighted by Gasteiger charge is -2.48. The molecular formula is C21H21F3IN3O4. The molecule has 1 unspecified atom stereocenters. The maximum atomic E-state index is 14.5. The van der Waals surface area contributed by atoms with E-state index in [-0.39, 0.29) is 30.9 Å². The van der Waals surface area contributed by atoms with E-state index < -0.39 is 46.7 Å². The molecule has 0 aliphatic carbocycles. The molecule has 1 saturated heterocycles. The summed E-state index contributed by atoms with van der Waals surface area (Å²) in [4.78, 5) is 26.7. The zero-order chi connectivity index (χ0) is 23.8. The summed E-state index contributed by atoms with van der Waals surface area (Å²) in [5.74, 6) is -4.98. The van der Waals surface area contributed by atoms with Gasteiger partial charge in [0.1, 0.15) is 17.5 Å². The van der Waals surface area contributed by atoms with Crippen molar-refractivity contribution in [3.63, 3.8) is 0 Å². The van der Waals surface area contributed by atoms with Crippen LogP contribution in [0.5, 0.6) is 0 Å². The molecule has 2 aromatic rings. The van der Waals surface area contributed by atoms with Crippen molar-refractivity contribution in [2.45, 2.75) is 18.6 Å². The van der Waals surface area contributed by atoms with E-state index >= 15 is 0 Å². The van der Waals surface area contributed by atoms with Crippen molar-refractivity contribution in [3.05, 3.63) is 56.9 Å². The van der Waals surface area contributed by atoms with Gasteiger partial charge in [-0.15, -0.1) is 0 Å². The number of β-amino-alcohol motifs (C(OH)–C–C–N with tert-alkyl or cyclic N) is 1. The SMILES string of the molecule is CC(C(=O)O)N(C)CC1(O)CN(C(=O)c2ccc(F)c(F)c2Nc2ccc(I)cc2F)C1. The number of hydrogen-bond donors (Lipinski definition) is 3. The van der Waals surface area contributed by atoms with E-state index in [4.69, 9.17) is 5.11 Å². The average molecular weight is 563 g/mol. The van der Waals surface area contributed by atoms with Crippen LogP contribution in [0.3, 0.4) is 0 Å². The Hall–Kier alpha value is -2.38. The van der Waals surface area contributed by atoms with Crippen molar-refractivity contribution < 1.29 is 33.0 Å². The van der Waals surface area contributed by atoms with Gasteiger partial charge in [-0.3, -0.25) is 14.5 Å². The minimum Gasteiger partial charge on any atom is -0.480 e. The van der Waals surface area contributed by atoms with Crippen molar-refractivity contribution in [2.75, 3.05) is 32.0 Å². The second-order valence-corrected chi connectivity index (χ2v) is 9.09. The molecule has 1 fully saturated rings. The van der Waals surface area contributed by atoms with Crippen LogP contribution in [0, 0.1) is 21.0 Å². The number of halogens is 4. The van der Waals surface area contributed by atoms with Crippen LogP contribution in [0.15, 0.2) is 30.3 Å². The smallest absolute Gasteiger partial charge is 0.320 e. The summed E-state index contributed by atoms with van der Waals surface area (Å²) in [6.07, 6.45) is 0. The molecule has 3 N–H and O–H groups in total. The number of likely N-dealkylation sites (tertiary alicyclic amines) is 1. The van der Waals surface area contributed by atoms with E-state index in [1.54, 1.807) is 6.07 Å². The standard InChI is InChI=1S/C21H21F3IN3O4/c1-11(20(30)31)27(2)8-21(32)9-28(10-21)19(29)13-4-5-14(22)17(24)18(13)26-16-6-3-12(25)7-15(16)23/h3-7,11,26,32H,8-10H2,1-2H3,(H,30,31). The van der Waals surface area contributed by atoms with Crippen LogP contribution >= 0.6 is 22.6 Å². The fourth-order valence-corrected chi connectivity index (χ4v) is 3.90. The summed E-state index contributed by atoms with van der Waals surface area (Å²) < 4.78 is 43.2. The molecule has 1 amide bonds. The molecule has 2 aromatic carbocycles. The Labute approximate surface area is 196 Å². The first-order valence-electron chi connectivity index (χ1n) is 9.56. The third-order valence-electron chi connectivity index (χ3n) is 5.34. The first-order valence-corrected chi connectivity index (χ1v) is 10.6. The number of likely N-dealkylation sites (N-methyl/N-ethyl adjacent to an activating group) is 1. The Bertz CT molecular complexity index is 1060. The predicted octanol–water partition coefficient (Wildman–Crippen LogP) is 3.04. The van der Waals surface area contributed by atoms with E-state index in [1.807, 2.05) is 22.6 Å². The van der Waals surface area contributed by atoms with Crippen LogP contribution in [-0.2, 0) is 4.79 Å². The van der Waals surface area contributed by atoms with Crippen LogP contribution in [-0.4, -0.2) is 70.2 Å². The summed E-state index contributed by atoms with van der Waals surface area (Å²) in [5, 5.41) is 22.2. The summed E-state index contributed by atoms with van der Waals surface area (Å²) in [7, 11) is 1.54. The molecule has 11 heteroatoms. The largest absolute Gasteiger partial charge is 0.480 e. The van der Waals surface area contributed by atoms with E-state index in [0.717, 1.165) is 12.1 Å². The Morgan fingerprint density at radius 1 is 1.22 bits per heavy atom. The lowest BCUT2D eigenvalue weighted by molar-refractivity contribution is -0.145. The lowest BCUT2D eigenvalue weighted by atomic mass is 9.92. The summed E-state index contributed by atoms with van der Waals surface area (Å²) in [5.41, 5.74) is -2.21. The molecule has 32 heavy (non-hydrogen) atoms. The highest BCUT2D eigenvalue weighted by Crippen LogP contribution is 2.32. The van der Waals surface area contributed by atoms with Crippen LogP contribution < -0.4 is 5.32 Å². The van der Waals surface area contributed by atoms with E-state index in [2.05, 4.69) is 5.32 Å².